The summed E-state index contributed by atoms with van der Waals surface area (Å²) >= 11 is 0. The zero-order valence-electron chi connectivity index (χ0n) is 18.5. The number of rotatable bonds is 10. The SMILES string of the molecule is CCN(CC)C(=O)Cc1nc(-c2ccc(OC)nc2)c(-c2ccc(OCCN)cc2)o1.Cl. The van der Waals surface area contributed by atoms with Crippen LogP contribution in [0.15, 0.2) is 47.0 Å². The first-order valence-electron chi connectivity index (χ1n) is 10.3. The number of halogens is 1. The van der Waals surface area contributed by atoms with E-state index in [4.69, 9.17) is 19.6 Å². The van der Waals surface area contributed by atoms with Crippen molar-refractivity contribution in [3.05, 3.63) is 48.5 Å². The van der Waals surface area contributed by atoms with Crippen molar-refractivity contribution in [2.45, 2.75) is 20.3 Å². The first kappa shape index (κ1) is 25.2. The number of pyridine rings is 1. The number of hydrogen-bond acceptors (Lipinski definition) is 7. The summed E-state index contributed by atoms with van der Waals surface area (Å²) in [5.74, 6) is 2.13. The second kappa shape index (κ2) is 12.1. The second-order valence-electron chi connectivity index (χ2n) is 6.78. The topological polar surface area (TPSA) is 104 Å². The molecule has 0 fully saturated rings. The lowest BCUT2D eigenvalue weighted by Crippen LogP contribution is -2.31. The summed E-state index contributed by atoms with van der Waals surface area (Å²) in [6, 6.07) is 11.1. The van der Waals surface area contributed by atoms with Crippen LogP contribution in [0.3, 0.4) is 0 Å². The van der Waals surface area contributed by atoms with Crippen LogP contribution in [-0.4, -0.2) is 54.1 Å². The minimum absolute atomic E-state index is 0. The van der Waals surface area contributed by atoms with Crippen LogP contribution in [0.25, 0.3) is 22.6 Å². The van der Waals surface area contributed by atoms with E-state index in [1.54, 1.807) is 24.3 Å². The molecule has 0 atom stereocenters. The summed E-state index contributed by atoms with van der Waals surface area (Å²) in [5.41, 5.74) is 7.70. The predicted octanol–water partition coefficient (Wildman–Crippen LogP) is 3.58. The van der Waals surface area contributed by atoms with Crippen LogP contribution in [0, 0.1) is 0 Å². The number of hydrogen-bond donors (Lipinski definition) is 1. The molecular weight excluding hydrogens is 432 g/mol. The van der Waals surface area contributed by atoms with E-state index < -0.39 is 0 Å². The molecule has 2 heterocycles. The number of aromatic nitrogens is 2. The average Bonchev–Trinajstić information content (AvgIpc) is 3.22. The van der Waals surface area contributed by atoms with Gasteiger partial charge < -0.3 is 24.5 Å². The number of ether oxygens (including phenoxy) is 2. The standard InChI is InChI=1S/C23H28N4O4.ClH/c1-4-27(5-2)21(28)14-20-26-22(17-8-11-19(29-3)25-15-17)23(31-20)16-6-9-18(10-7-16)30-13-12-24;/h6-11,15H,4-5,12-14,24H2,1-3H3;1H. The summed E-state index contributed by atoms with van der Waals surface area (Å²) in [7, 11) is 1.56. The Kier molecular flexibility index (Phi) is 9.49. The fraction of sp³-hybridized carbons (Fsp3) is 0.348. The van der Waals surface area contributed by atoms with E-state index in [9.17, 15) is 4.79 Å². The van der Waals surface area contributed by atoms with Crippen LogP contribution in [0.2, 0.25) is 0 Å². The molecule has 172 valence electrons. The van der Waals surface area contributed by atoms with Gasteiger partial charge in [0.2, 0.25) is 17.7 Å². The van der Waals surface area contributed by atoms with E-state index in [1.165, 1.54) is 0 Å². The molecule has 3 aromatic rings. The molecule has 9 heteroatoms. The second-order valence-corrected chi connectivity index (χ2v) is 6.78. The van der Waals surface area contributed by atoms with Gasteiger partial charge in [0.15, 0.2) is 5.76 Å². The van der Waals surface area contributed by atoms with Crippen LogP contribution >= 0.6 is 12.4 Å². The third-order valence-electron chi connectivity index (χ3n) is 4.81. The Morgan fingerprint density at radius 1 is 1.09 bits per heavy atom. The Hall–Kier alpha value is -3.10. The number of nitrogens with two attached hydrogens (primary N) is 1. The first-order valence-corrected chi connectivity index (χ1v) is 10.3. The van der Waals surface area contributed by atoms with Gasteiger partial charge in [-0.3, -0.25) is 4.79 Å². The van der Waals surface area contributed by atoms with E-state index in [1.807, 2.05) is 44.2 Å². The Bertz CT molecular complexity index is 986. The highest BCUT2D eigenvalue weighted by molar-refractivity contribution is 5.85. The van der Waals surface area contributed by atoms with Crippen molar-refractivity contribution in [3.8, 4) is 34.2 Å². The molecule has 32 heavy (non-hydrogen) atoms. The number of carbonyl (C=O) groups excluding carboxylic acids is 1. The van der Waals surface area contributed by atoms with E-state index in [-0.39, 0.29) is 24.7 Å². The Morgan fingerprint density at radius 2 is 1.78 bits per heavy atom. The Balaban J connectivity index is 0.00000363. The molecule has 0 aliphatic heterocycles. The molecule has 0 bridgehead atoms. The van der Waals surface area contributed by atoms with Gasteiger partial charge in [-0.25, -0.2) is 9.97 Å². The third kappa shape index (κ3) is 5.99. The van der Waals surface area contributed by atoms with Gasteiger partial charge in [0, 0.05) is 43.0 Å². The fourth-order valence-electron chi connectivity index (χ4n) is 3.17. The molecule has 0 aliphatic rings. The Morgan fingerprint density at radius 3 is 2.34 bits per heavy atom. The van der Waals surface area contributed by atoms with Gasteiger partial charge in [-0.1, -0.05) is 0 Å². The van der Waals surface area contributed by atoms with Gasteiger partial charge in [-0.05, 0) is 44.2 Å². The minimum atomic E-state index is -0.0252. The monoisotopic (exact) mass is 460 g/mol. The molecule has 0 saturated carbocycles. The van der Waals surface area contributed by atoms with Crippen LogP contribution in [0.1, 0.15) is 19.7 Å². The maximum Gasteiger partial charge on any atom is 0.231 e. The summed E-state index contributed by atoms with van der Waals surface area (Å²) < 4.78 is 16.8. The summed E-state index contributed by atoms with van der Waals surface area (Å²) in [6.45, 7) is 6.07. The van der Waals surface area contributed by atoms with Crippen LogP contribution < -0.4 is 15.2 Å². The van der Waals surface area contributed by atoms with Crippen LogP contribution in [-0.2, 0) is 11.2 Å². The normalized spacial score (nSPS) is 10.4. The fourth-order valence-corrected chi connectivity index (χ4v) is 3.17. The van der Waals surface area contributed by atoms with Crippen molar-refractivity contribution in [2.24, 2.45) is 5.73 Å². The zero-order chi connectivity index (χ0) is 22.2. The maximum atomic E-state index is 12.6. The minimum Gasteiger partial charge on any atom is -0.492 e. The smallest absolute Gasteiger partial charge is 0.231 e. The number of nitrogens with zero attached hydrogens (tertiary/aromatic N) is 3. The van der Waals surface area contributed by atoms with Crippen LogP contribution in [0.4, 0.5) is 0 Å². The third-order valence-corrected chi connectivity index (χ3v) is 4.81. The van der Waals surface area contributed by atoms with Gasteiger partial charge in [0.1, 0.15) is 24.5 Å². The highest BCUT2D eigenvalue weighted by Crippen LogP contribution is 2.34. The lowest BCUT2D eigenvalue weighted by Gasteiger charge is -2.17. The van der Waals surface area contributed by atoms with E-state index in [0.717, 1.165) is 16.9 Å². The predicted molar refractivity (Wildman–Crippen MR) is 125 cm³/mol. The molecule has 2 N–H and O–H groups in total. The summed E-state index contributed by atoms with van der Waals surface area (Å²) in [4.78, 5) is 23.2. The number of benzene rings is 1. The highest BCUT2D eigenvalue weighted by Gasteiger charge is 2.21. The lowest BCUT2D eigenvalue weighted by atomic mass is 10.1. The zero-order valence-corrected chi connectivity index (χ0v) is 19.4. The molecule has 0 spiro atoms. The number of likely N-dealkylation sites (N-methyl/N-ethyl adjacent to an activating group) is 1. The van der Waals surface area contributed by atoms with Crippen molar-refractivity contribution in [1.29, 1.82) is 0 Å². The molecule has 0 radical (unpaired) electrons. The number of amides is 1. The largest absolute Gasteiger partial charge is 0.492 e. The number of carbonyl (C=O) groups is 1. The molecule has 8 nitrogen and oxygen atoms in total. The van der Waals surface area contributed by atoms with Gasteiger partial charge >= 0.3 is 0 Å². The van der Waals surface area contributed by atoms with Crippen molar-refractivity contribution < 1.29 is 18.7 Å². The Labute approximate surface area is 194 Å². The molecule has 1 aromatic carbocycles. The highest BCUT2D eigenvalue weighted by atomic mass is 35.5. The molecule has 3 rings (SSSR count). The molecular formula is C23H29ClN4O4. The molecule has 0 unspecified atom stereocenters. The molecule has 0 saturated heterocycles. The van der Waals surface area contributed by atoms with Gasteiger partial charge in [-0.2, -0.15) is 0 Å². The van der Waals surface area contributed by atoms with Crippen molar-refractivity contribution in [2.75, 3.05) is 33.4 Å². The van der Waals surface area contributed by atoms with E-state index in [0.29, 0.717) is 49.5 Å². The molecule has 1 amide bonds. The average molecular weight is 461 g/mol. The molecule has 0 aliphatic carbocycles. The number of oxazole rings is 1. The van der Waals surface area contributed by atoms with Gasteiger partial charge in [0.05, 0.1) is 7.11 Å². The summed E-state index contributed by atoms with van der Waals surface area (Å²) in [5, 5.41) is 0. The molecule has 2 aromatic heterocycles. The van der Waals surface area contributed by atoms with Crippen molar-refractivity contribution >= 4 is 18.3 Å². The van der Waals surface area contributed by atoms with Gasteiger partial charge in [0.25, 0.3) is 0 Å². The van der Waals surface area contributed by atoms with Crippen molar-refractivity contribution in [1.82, 2.24) is 14.9 Å². The lowest BCUT2D eigenvalue weighted by molar-refractivity contribution is -0.130. The first-order chi connectivity index (χ1) is 15.1. The van der Waals surface area contributed by atoms with Crippen LogP contribution in [0.5, 0.6) is 11.6 Å². The maximum absolute atomic E-state index is 12.6. The van der Waals surface area contributed by atoms with Gasteiger partial charge in [-0.15, -0.1) is 12.4 Å². The number of methoxy groups -OCH3 is 1. The van der Waals surface area contributed by atoms with E-state index in [2.05, 4.69) is 9.97 Å². The van der Waals surface area contributed by atoms with Crippen molar-refractivity contribution in [3.63, 3.8) is 0 Å². The quantitative estimate of drug-likeness (QED) is 0.493. The summed E-state index contributed by atoms with van der Waals surface area (Å²) in [6.07, 6.45) is 1.77. The van der Waals surface area contributed by atoms with E-state index >= 15 is 0 Å².